The third-order valence-corrected chi connectivity index (χ3v) is 6.95. The van der Waals surface area contributed by atoms with Crippen molar-refractivity contribution < 1.29 is 4.39 Å². The Hall–Kier alpha value is 0.529. The fourth-order valence-corrected chi connectivity index (χ4v) is 4.06. The van der Waals surface area contributed by atoms with Gasteiger partial charge in [0.15, 0.2) is 0 Å². The van der Waals surface area contributed by atoms with E-state index in [1.165, 1.54) is 15.7 Å². The van der Waals surface area contributed by atoms with Crippen molar-refractivity contribution in [1.29, 1.82) is 0 Å². The molecule has 64 valence electrons. The van der Waals surface area contributed by atoms with Gasteiger partial charge in [-0.2, -0.15) is 0 Å². The molecular weight excluding hydrogens is 305 g/mol. The molecule has 0 aliphatic carbocycles. The van der Waals surface area contributed by atoms with Crippen LogP contribution in [0.4, 0.5) is 4.39 Å². The Morgan fingerprint density at radius 1 is 1.25 bits per heavy atom. The van der Waals surface area contributed by atoms with Crippen LogP contribution in [-0.4, -0.2) is 26.0 Å². The van der Waals surface area contributed by atoms with Crippen LogP contribution in [0.25, 0.3) is 0 Å². The molecule has 0 unspecified atom stereocenters. The molecule has 2 radical (unpaired) electrons. The molecule has 0 atom stereocenters. The first-order valence-electron chi connectivity index (χ1n) is 3.46. The van der Waals surface area contributed by atoms with Gasteiger partial charge in [-0.3, -0.25) is 0 Å². The van der Waals surface area contributed by atoms with Crippen molar-refractivity contribution in [2.75, 3.05) is 0 Å². The number of alkyl halides is 2. The molecule has 0 saturated heterocycles. The number of hydrogen-bond donors (Lipinski definition) is 0. The molecule has 0 nitrogen and oxygen atoms in total. The van der Waals surface area contributed by atoms with Crippen molar-refractivity contribution in [3.63, 3.8) is 0 Å². The van der Waals surface area contributed by atoms with Crippen LogP contribution >= 0.6 is 23.2 Å². The van der Waals surface area contributed by atoms with E-state index in [1.54, 1.807) is 0 Å². The van der Waals surface area contributed by atoms with Crippen molar-refractivity contribution in [3.05, 3.63) is 30.1 Å². The normalized spacial score (nSPS) is 10.7. The van der Waals surface area contributed by atoms with Crippen molar-refractivity contribution in [1.82, 2.24) is 0 Å². The van der Waals surface area contributed by atoms with Gasteiger partial charge in [0.05, 0.1) is 0 Å². The standard InChI is InChI=1S/C6H4F.C2H3Cl2.Sn/c7-6-4-2-1-3-5-6;1-2(3)4;/h2-5H;2H,1H2;. The van der Waals surface area contributed by atoms with Crippen LogP contribution in [0.3, 0.4) is 0 Å². The predicted octanol–water partition coefficient (Wildman–Crippen LogP) is 2.38. The van der Waals surface area contributed by atoms with Gasteiger partial charge in [-0.25, -0.2) is 0 Å². The van der Waals surface area contributed by atoms with Gasteiger partial charge < -0.3 is 0 Å². The molecule has 4 heteroatoms. The van der Waals surface area contributed by atoms with E-state index in [2.05, 4.69) is 0 Å². The van der Waals surface area contributed by atoms with E-state index < -0.39 is 21.1 Å². The van der Waals surface area contributed by atoms with Crippen LogP contribution in [-0.2, 0) is 0 Å². The first-order chi connectivity index (χ1) is 5.68. The zero-order valence-electron chi connectivity index (χ0n) is 6.23. The van der Waals surface area contributed by atoms with Crippen LogP contribution in [0.2, 0.25) is 4.44 Å². The predicted molar refractivity (Wildman–Crippen MR) is 52.1 cm³/mol. The summed E-state index contributed by atoms with van der Waals surface area (Å²) in [5.41, 5.74) is 0. The zero-order valence-corrected chi connectivity index (χ0v) is 10.6. The molecule has 0 bridgehead atoms. The van der Waals surface area contributed by atoms with Crippen LogP contribution in [0.5, 0.6) is 0 Å². The second-order valence-electron chi connectivity index (χ2n) is 2.28. The van der Waals surface area contributed by atoms with E-state index in [0.29, 0.717) is 0 Å². The Bertz CT molecular complexity index is 235. The van der Waals surface area contributed by atoms with E-state index in [-0.39, 0.29) is 10.7 Å². The van der Waals surface area contributed by atoms with E-state index >= 15 is 0 Å². The topological polar surface area (TPSA) is 0 Å². The number of halogens is 3. The summed E-state index contributed by atoms with van der Waals surface area (Å²) >= 11 is 10.5. The summed E-state index contributed by atoms with van der Waals surface area (Å²) < 4.78 is 14.6. The summed E-state index contributed by atoms with van der Waals surface area (Å²) in [6.45, 7) is 0. The van der Waals surface area contributed by atoms with Crippen LogP contribution in [0.15, 0.2) is 24.3 Å². The second kappa shape index (κ2) is 5.30. The molecule has 0 spiro atoms. The van der Waals surface area contributed by atoms with E-state index in [4.69, 9.17) is 23.2 Å². The molecule has 0 N–H and O–H groups in total. The maximum atomic E-state index is 12.5. The van der Waals surface area contributed by atoms with Gasteiger partial charge in [0.25, 0.3) is 0 Å². The Kier molecular flexibility index (Phi) is 4.69. The minimum absolute atomic E-state index is 0.188. The molecule has 0 aromatic heterocycles. The van der Waals surface area contributed by atoms with Gasteiger partial charge in [0, 0.05) is 0 Å². The molecule has 0 aliphatic rings. The summed E-state index contributed by atoms with van der Waals surface area (Å²) in [6.07, 6.45) is 0. The molecule has 1 rings (SSSR count). The van der Waals surface area contributed by atoms with Crippen LogP contribution in [0, 0.1) is 5.82 Å². The Morgan fingerprint density at radius 2 is 1.83 bits per heavy atom. The fourth-order valence-electron chi connectivity index (χ4n) is 0.763. The van der Waals surface area contributed by atoms with Crippen molar-refractivity contribution in [2.45, 2.75) is 9.27 Å². The fraction of sp³-hybridized carbons (Fsp3) is 0.250. The Balaban J connectivity index is 2.48. The van der Waals surface area contributed by atoms with Gasteiger partial charge in [-0.05, 0) is 0 Å². The summed E-state index contributed by atoms with van der Waals surface area (Å²) in [4.78, 5) is -0.262. The van der Waals surface area contributed by atoms with E-state index in [1.807, 2.05) is 12.1 Å². The Labute approximate surface area is 91.3 Å². The molecule has 0 heterocycles. The third-order valence-electron chi connectivity index (χ3n) is 1.30. The SMILES string of the molecule is Fc1cc[c]([Sn][CH2]C(Cl)Cl)cc1. The van der Waals surface area contributed by atoms with Crippen molar-refractivity contribution in [2.24, 2.45) is 0 Å². The maximum absolute atomic E-state index is 12.5. The summed E-state index contributed by atoms with van der Waals surface area (Å²) in [6, 6.07) is 6.59. The third kappa shape index (κ3) is 3.96. The van der Waals surface area contributed by atoms with Gasteiger partial charge in [0.2, 0.25) is 0 Å². The van der Waals surface area contributed by atoms with Crippen molar-refractivity contribution in [3.8, 4) is 0 Å². The molecule has 0 fully saturated rings. The van der Waals surface area contributed by atoms with E-state index in [0.717, 1.165) is 4.44 Å². The average molecular weight is 312 g/mol. The van der Waals surface area contributed by atoms with Gasteiger partial charge in [-0.15, -0.1) is 0 Å². The number of benzene rings is 1. The Morgan fingerprint density at radius 3 is 2.33 bits per heavy atom. The average Bonchev–Trinajstić information content (AvgIpc) is 2.03. The molecular formula is C8H7Cl2FSn. The monoisotopic (exact) mass is 312 g/mol. The molecule has 1 aromatic carbocycles. The van der Waals surface area contributed by atoms with Crippen LogP contribution in [0.1, 0.15) is 0 Å². The summed E-state index contributed by atoms with van der Waals surface area (Å²) in [5, 5.41) is 0. The van der Waals surface area contributed by atoms with E-state index in [9.17, 15) is 4.39 Å². The summed E-state index contributed by atoms with van der Waals surface area (Å²) in [5.74, 6) is -0.188. The molecule has 0 aliphatic heterocycles. The summed E-state index contributed by atoms with van der Waals surface area (Å²) in [7, 11) is 0. The number of hydrogen-bond acceptors (Lipinski definition) is 0. The molecule has 0 saturated carbocycles. The van der Waals surface area contributed by atoms with Gasteiger partial charge >= 0.3 is 91.7 Å². The molecule has 0 amide bonds. The van der Waals surface area contributed by atoms with Crippen LogP contribution < -0.4 is 3.58 Å². The molecule has 12 heavy (non-hydrogen) atoms. The number of rotatable bonds is 3. The molecule has 1 aromatic rings. The van der Waals surface area contributed by atoms with Crippen molar-refractivity contribution >= 4 is 47.9 Å². The quantitative estimate of drug-likeness (QED) is 0.594. The first kappa shape index (κ1) is 10.6. The first-order valence-corrected chi connectivity index (χ1v) is 7.78. The van der Waals surface area contributed by atoms with Gasteiger partial charge in [0.1, 0.15) is 0 Å². The second-order valence-corrected chi connectivity index (χ2v) is 7.38. The zero-order chi connectivity index (χ0) is 8.97. The van der Waals surface area contributed by atoms with Gasteiger partial charge in [-0.1, -0.05) is 0 Å². The minimum atomic E-state index is -0.673.